The number of hydrogen-bond acceptors (Lipinski definition) is 1. The lowest BCUT2D eigenvalue weighted by atomic mass is 9.88. The Balaban J connectivity index is 2.10. The molecule has 1 unspecified atom stereocenters. The maximum absolute atomic E-state index is 15.0. The Morgan fingerprint density at radius 2 is 1.48 bits per heavy atom. The van der Waals surface area contributed by atoms with Gasteiger partial charge in [-0.05, 0) is 86.1 Å². The van der Waals surface area contributed by atoms with Gasteiger partial charge in [0.05, 0.1) is 5.69 Å². The minimum Gasteiger partial charge on any atom is -0.257 e. The molecule has 2 aromatic carbocycles. The fraction of sp³-hybridized carbons (Fsp3) is 0.536. The molecule has 2 aromatic rings. The molecular formula is C28H39F2N. The normalized spacial score (nSPS) is 15.1. The predicted molar refractivity (Wildman–Crippen MR) is 130 cm³/mol. The van der Waals surface area contributed by atoms with Crippen molar-refractivity contribution < 1.29 is 8.78 Å². The van der Waals surface area contributed by atoms with Crippen molar-refractivity contribution >= 4 is 11.4 Å². The fourth-order valence-electron chi connectivity index (χ4n) is 4.05. The first-order chi connectivity index (χ1) is 14.6. The van der Waals surface area contributed by atoms with Crippen molar-refractivity contribution in [2.75, 3.05) is 0 Å². The molecular weight excluding hydrogens is 388 g/mol. The summed E-state index contributed by atoms with van der Waals surface area (Å²) in [5.74, 6) is 0.234. The Morgan fingerprint density at radius 1 is 0.871 bits per heavy atom. The number of rotatable bonds is 10. The third kappa shape index (κ3) is 6.98. The molecule has 0 amide bonds. The summed E-state index contributed by atoms with van der Waals surface area (Å²) in [5.41, 5.74) is 5.19. The zero-order valence-corrected chi connectivity index (χ0v) is 20.4. The Hall–Kier alpha value is -2.03. The molecule has 1 nitrogen and oxygen atoms in total. The van der Waals surface area contributed by atoms with E-state index < -0.39 is 0 Å². The van der Waals surface area contributed by atoms with Crippen LogP contribution in [0.15, 0.2) is 35.3 Å². The lowest BCUT2D eigenvalue weighted by Crippen LogP contribution is -2.07. The van der Waals surface area contributed by atoms with Gasteiger partial charge in [0.15, 0.2) is 0 Å². The number of unbranched alkanes of at least 4 members (excludes halogenated alkanes) is 1. The molecule has 0 radical (unpaired) electrons. The van der Waals surface area contributed by atoms with Crippen LogP contribution < -0.4 is 0 Å². The second-order valence-corrected chi connectivity index (χ2v) is 9.36. The summed E-state index contributed by atoms with van der Waals surface area (Å²) < 4.78 is 29.2. The quantitative estimate of drug-likeness (QED) is 0.335. The molecule has 0 aromatic heterocycles. The number of benzene rings is 2. The van der Waals surface area contributed by atoms with Crippen LogP contribution in [0.1, 0.15) is 101 Å². The molecule has 31 heavy (non-hydrogen) atoms. The van der Waals surface area contributed by atoms with Crippen molar-refractivity contribution in [1.82, 2.24) is 0 Å². The molecule has 170 valence electrons. The van der Waals surface area contributed by atoms with Crippen LogP contribution in [0, 0.1) is 31.4 Å². The number of hydrogen-bond donors (Lipinski definition) is 0. The van der Waals surface area contributed by atoms with Gasteiger partial charge in [0.2, 0.25) is 0 Å². The standard InChI is InChI=1S/C28H39F2N/c1-8-9-10-19(3)23(7)31-28-17-27(30)25(16-22(28)6)21(5)13-12-20(4)24-14-11-18(2)15-26(24)29/h11,14-17,19-21H,8-10,12-13H2,1-7H3/t19-,20+,21?/m0/s1. The Labute approximate surface area is 188 Å². The molecule has 2 rings (SSSR count). The average molecular weight is 428 g/mol. The van der Waals surface area contributed by atoms with E-state index in [4.69, 9.17) is 4.99 Å². The first-order valence-electron chi connectivity index (χ1n) is 11.7. The second-order valence-electron chi connectivity index (χ2n) is 9.36. The molecule has 0 saturated heterocycles. The van der Waals surface area contributed by atoms with Crippen molar-refractivity contribution in [3.8, 4) is 0 Å². The van der Waals surface area contributed by atoms with Crippen LogP contribution in [0.3, 0.4) is 0 Å². The molecule has 0 N–H and O–H groups in total. The van der Waals surface area contributed by atoms with E-state index in [1.54, 1.807) is 12.1 Å². The van der Waals surface area contributed by atoms with E-state index in [0.717, 1.165) is 52.9 Å². The van der Waals surface area contributed by atoms with Crippen LogP contribution in [0.5, 0.6) is 0 Å². The van der Waals surface area contributed by atoms with Crippen molar-refractivity contribution in [2.45, 2.75) is 92.4 Å². The van der Waals surface area contributed by atoms with E-state index in [-0.39, 0.29) is 23.5 Å². The maximum atomic E-state index is 15.0. The van der Waals surface area contributed by atoms with E-state index in [2.05, 4.69) is 20.8 Å². The minimum atomic E-state index is -0.194. The monoisotopic (exact) mass is 427 g/mol. The lowest BCUT2D eigenvalue weighted by Gasteiger charge is -2.19. The summed E-state index contributed by atoms with van der Waals surface area (Å²) in [6.07, 6.45) is 5.09. The van der Waals surface area contributed by atoms with Gasteiger partial charge in [-0.1, -0.05) is 58.7 Å². The minimum absolute atomic E-state index is 0.0669. The lowest BCUT2D eigenvalue weighted by molar-refractivity contribution is 0.521. The summed E-state index contributed by atoms with van der Waals surface area (Å²) >= 11 is 0. The van der Waals surface area contributed by atoms with Crippen LogP contribution in [0.25, 0.3) is 0 Å². The van der Waals surface area contributed by atoms with Crippen molar-refractivity contribution in [1.29, 1.82) is 0 Å². The number of nitrogens with zero attached hydrogens (tertiary/aromatic N) is 1. The first kappa shape index (κ1) is 25.2. The van der Waals surface area contributed by atoms with Gasteiger partial charge in [-0.25, -0.2) is 8.78 Å². The SMILES string of the molecule is CCCC[C@H](C)C(C)=Nc1cc(F)c(C(C)CC[C@@H](C)c2ccc(C)cc2F)cc1C. The zero-order valence-electron chi connectivity index (χ0n) is 20.4. The van der Waals surface area contributed by atoms with E-state index in [0.29, 0.717) is 5.92 Å². The molecule has 0 aliphatic rings. The van der Waals surface area contributed by atoms with Crippen molar-refractivity contribution in [2.24, 2.45) is 10.9 Å². The Bertz CT molecular complexity index is 900. The van der Waals surface area contributed by atoms with E-state index in [1.165, 1.54) is 12.8 Å². The molecule has 0 heterocycles. The number of aliphatic imine (C=N–C) groups is 1. The highest BCUT2D eigenvalue weighted by atomic mass is 19.1. The third-order valence-electron chi connectivity index (χ3n) is 6.57. The summed E-state index contributed by atoms with van der Waals surface area (Å²) in [4.78, 5) is 4.74. The zero-order chi connectivity index (χ0) is 23.1. The highest BCUT2D eigenvalue weighted by molar-refractivity contribution is 5.86. The third-order valence-corrected chi connectivity index (χ3v) is 6.57. The van der Waals surface area contributed by atoms with Crippen LogP contribution in [-0.4, -0.2) is 5.71 Å². The molecule has 0 saturated carbocycles. The van der Waals surface area contributed by atoms with Gasteiger partial charge in [0.1, 0.15) is 11.6 Å². The van der Waals surface area contributed by atoms with Crippen LogP contribution >= 0.6 is 0 Å². The van der Waals surface area contributed by atoms with Crippen molar-refractivity contribution in [3.63, 3.8) is 0 Å². The van der Waals surface area contributed by atoms with Gasteiger partial charge in [0, 0.05) is 11.8 Å². The Kier molecular flexibility index (Phi) is 9.40. The second kappa shape index (κ2) is 11.5. The molecule has 0 aliphatic carbocycles. The first-order valence-corrected chi connectivity index (χ1v) is 11.7. The molecule has 3 heteroatoms. The molecule has 0 bridgehead atoms. The van der Waals surface area contributed by atoms with Gasteiger partial charge in [-0.3, -0.25) is 4.99 Å². The predicted octanol–water partition coefficient (Wildman–Crippen LogP) is 9.19. The highest BCUT2D eigenvalue weighted by Gasteiger charge is 2.17. The van der Waals surface area contributed by atoms with Crippen LogP contribution in [0.2, 0.25) is 0 Å². The number of halogens is 2. The largest absolute Gasteiger partial charge is 0.257 e. The van der Waals surface area contributed by atoms with E-state index in [1.807, 2.05) is 45.9 Å². The van der Waals surface area contributed by atoms with Gasteiger partial charge in [-0.15, -0.1) is 0 Å². The van der Waals surface area contributed by atoms with E-state index >= 15 is 0 Å². The number of aryl methyl sites for hydroxylation is 2. The van der Waals surface area contributed by atoms with Gasteiger partial charge >= 0.3 is 0 Å². The fourth-order valence-corrected chi connectivity index (χ4v) is 4.05. The molecule has 0 fully saturated rings. The summed E-state index contributed by atoms with van der Waals surface area (Å²) in [6, 6.07) is 8.94. The van der Waals surface area contributed by atoms with Crippen molar-refractivity contribution in [3.05, 3.63) is 64.2 Å². The topological polar surface area (TPSA) is 12.4 Å². The smallest absolute Gasteiger partial charge is 0.128 e. The summed E-state index contributed by atoms with van der Waals surface area (Å²) in [6.45, 7) is 14.4. The highest BCUT2D eigenvalue weighted by Crippen LogP contribution is 2.33. The van der Waals surface area contributed by atoms with Gasteiger partial charge < -0.3 is 0 Å². The molecule has 0 aliphatic heterocycles. The average Bonchev–Trinajstić information content (AvgIpc) is 2.72. The maximum Gasteiger partial charge on any atom is 0.128 e. The van der Waals surface area contributed by atoms with Gasteiger partial charge in [-0.2, -0.15) is 0 Å². The summed E-state index contributed by atoms with van der Waals surface area (Å²) in [7, 11) is 0. The van der Waals surface area contributed by atoms with E-state index in [9.17, 15) is 8.78 Å². The van der Waals surface area contributed by atoms with Crippen LogP contribution in [-0.2, 0) is 0 Å². The van der Waals surface area contributed by atoms with Crippen LogP contribution in [0.4, 0.5) is 14.5 Å². The van der Waals surface area contributed by atoms with Gasteiger partial charge in [0.25, 0.3) is 0 Å². The molecule has 3 atom stereocenters. The molecule has 0 spiro atoms. The summed E-state index contributed by atoms with van der Waals surface area (Å²) in [5, 5.41) is 0. The Morgan fingerprint density at radius 3 is 2.10 bits per heavy atom.